The molecule has 102 valence electrons. The Morgan fingerprint density at radius 3 is 2.35 bits per heavy atom. The molecule has 0 fully saturated rings. The predicted octanol–water partition coefficient (Wildman–Crippen LogP) is 3.42. The van der Waals surface area contributed by atoms with Crippen molar-refractivity contribution >= 4 is 11.6 Å². The molecular weight excluding hydrogens is 278 g/mol. The second-order valence-corrected chi connectivity index (χ2v) is 4.51. The third kappa shape index (κ3) is 2.65. The maximum Gasteiger partial charge on any atom is 0.267 e. The molecular formula is C14H12ClN3O2. The Bertz CT molecular complexity index is 672. The first-order chi connectivity index (χ1) is 9.56. The zero-order valence-corrected chi connectivity index (χ0v) is 12.0. The summed E-state index contributed by atoms with van der Waals surface area (Å²) in [5, 5.41) is 9.12. The van der Waals surface area contributed by atoms with Gasteiger partial charge in [0.1, 0.15) is 12.1 Å². The van der Waals surface area contributed by atoms with Gasteiger partial charge in [0.15, 0.2) is 5.15 Å². The molecule has 1 aromatic heterocycles. The van der Waals surface area contributed by atoms with Gasteiger partial charge in [-0.2, -0.15) is 10.2 Å². The number of benzene rings is 1. The summed E-state index contributed by atoms with van der Waals surface area (Å²) in [6.07, 6.45) is 1.30. The van der Waals surface area contributed by atoms with Crippen LogP contribution in [0.4, 0.5) is 0 Å². The van der Waals surface area contributed by atoms with Crippen LogP contribution in [0.1, 0.15) is 16.7 Å². The van der Waals surface area contributed by atoms with E-state index in [2.05, 4.69) is 16.0 Å². The summed E-state index contributed by atoms with van der Waals surface area (Å²) in [5.74, 6) is 1.14. The Hall–Kier alpha value is -2.32. The van der Waals surface area contributed by atoms with Crippen LogP contribution in [0.5, 0.6) is 17.4 Å². The number of nitriles is 1. The average molecular weight is 290 g/mol. The standard InChI is InChI=1S/C14H12ClN3O2/c1-8-4-10(6-16)5-9(2)11(8)20-14-12(19-3)13(15)17-7-18-14/h4-5,7H,1-3H3. The Balaban J connectivity index is 2.46. The quantitative estimate of drug-likeness (QED) is 0.810. The van der Waals surface area contributed by atoms with Gasteiger partial charge in [0.2, 0.25) is 5.75 Å². The van der Waals surface area contributed by atoms with Gasteiger partial charge in [-0.25, -0.2) is 4.98 Å². The normalized spacial score (nSPS) is 9.95. The van der Waals surface area contributed by atoms with Crippen molar-refractivity contribution in [2.45, 2.75) is 13.8 Å². The van der Waals surface area contributed by atoms with Crippen molar-refractivity contribution < 1.29 is 9.47 Å². The predicted molar refractivity (Wildman–Crippen MR) is 74.3 cm³/mol. The molecule has 0 bridgehead atoms. The zero-order chi connectivity index (χ0) is 14.7. The topological polar surface area (TPSA) is 68.0 Å². The highest BCUT2D eigenvalue weighted by Crippen LogP contribution is 2.36. The zero-order valence-electron chi connectivity index (χ0n) is 11.3. The summed E-state index contributed by atoms with van der Waals surface area (Å²) in [7, 11) is 1.47. The minimum atomic E-state index is 0.182. The smallest absolute Gasteiger partial charge is 0.267 e. The van der Waals surface area contributed by atoms with Gasteiger partial charge in [-0.1, -0.05) is 11.6 Å². The number of methoxy groups -OCH3 is 1. The van der Waals surface area contributed by atoms with Crippen LogP contribution < -0.4 is 9.47 Å². The lowest BCUT2D eigenvalue weighted by atomic mass is 10.1. The number of nitrogens with zero attached hydrogens (tertiary/aromatic N) is 3. The lowest BCUT2D eigenvalue weighted by Gasteiger charge is -2.13. The van der Waals surface area contributed by atoms with E-state index in [-0.39, 0.29) is 16.8 Å². The summed E-state index contributed by atoms with van der Waals surface area (Å²) >= 11 is 5.92. The van der Waals surface area contributed by atoms with Crippen molar-refractivity contribution in [1.29, 1.82) is 5.26 Å². The molecule has 20 heavy (non-hydrogen) atoms. The number of rotatable bonds is 3. The van der Waals surface area contributed by atoms with E-state index in [9.17, 15) is 0 Å². The summed E-state index contributed by atoms with van der Waals surface area (Å²) in [4.78, 5) is 7.85. The number of hydrogen-bond acceptors (Lipinski definition) is 5. The number of aromatic nitrogens is 2. The molecule has 6 heteroatoms. The molecule has 0 atom stereocenters. The van der Waals surface area contributed by atoms with E-state index in [1.54, 1.807) is 12.1 Å². The van der Waals surface area contributed by atoms with Crippen LogP contribution in [-0.4, -0.2) is 17.1 Å². The van der Waals surface area contributed by atoms with Crippen molar-refractivity contribution in [3.8, 4) is 23.4 Å². The lowest BCUT2D eigenvalue weighted by molar-refractivity contribution is 0.365. The third-order valence-corrected chi connectivity index (χ3v) is 2.99. The molecule has 0 aliphatic rings. The molecule has 2 rings (SSSR count). The van der Waals surface area contributed by atoms with Crippen LogP contribution >= 0.6 is 11.6 Å². The highest BCUT2D eigenvalue weighted by atomic mass is 35.5. The number of halogens is 1. The van der Waals surface area contributed by atoms with Crippen molar-refractivity contribution in [3.63, 3.8) is 0 Å². The molecule has 0 amide bonds. The molecule has 2 aromatic rings. The Morgan fingerprint density at radius 1 is 1.15 bits per heavy atom. The summed E-state index contributed by atoms with van der Waals surface area (Å²) in [6.45, 7) is 3.72. The van der Waals surface area contributed by atoms with Gasteiger partial charge in [-0.15, -0.1) is 0 Å². The van der Waals surface area contributed by atoms with Crippen LogP contribution in [0, 0.1) is 25.2 Å². The molecule has 0 radical (unpaired) electrons. The molecule has 0 aliphatic carbocycles. The average Bonchev–Trinajstić information content (AvgIpc) is 2.42. The SMILES string of the molecule is COc1c(Cl)ncnc1Oc1c(C)cc(C#N)cc1C. The minimum absolute atomic E-state index is 0.182. The van der Waals surface area contributed by atoms with Crippen LogP contribution in [0.2, 0.25) is 5.15 Å². The molecule has 0 aliphatic heterocycles. The Morgan fingerprint density at radius 2 is 1.80 bits per heavy atom. The summed E-state index contributed by atoms with van der Waals surface area (Å²) in [5.41, 5.74) is 2.25. The first-order valence-electron chi connectivity index (χ1n) is 5.80. The van der Waals surface area contributed by atoms with Crippen LogP contribution in [0.3, 0.4) is 0 Å². The highest BCUT2D eigenvalue weighted by molar-refractivity contribution is 6.31. The largest absolute Gasteiger partial charge is 0.489 e. The van der Waals surface area contributed by atoms with Crippen molar-refractivity contribution in [1.82, 2.24) is 9.97 Å². The molecule has 0 unspecified atom stereocenters. The maximum atomic E-state index is 8.94. The molecule has 0 N–H and O–H groups in total. The van der Waals surface area contributed by atoms with Crippen LogP contribution in [-0.2, 0) is 0 Å². The van der Waals surface area contributed by atoms with E-state index >= 15 is 0 Å². The van der Waals surface area contributed by atoms with Gasteiger partial charge >= 0.3 is 0 Å². The van der Waals surface area contributed by atoms with Gasteiger partial charge in [0.05, 0.1) is 18.7 Å². The fourth-order valence-corrected chi connectivity index (χ4v) is 2.06. The van der Waals surface area contributed by atoms with Crippen molar-refractivity contribution in [2.75, 3.05) is 7.11 Å². The Kier molecular flexibility index (Phi) is 4.06. The molecule has 5 nitrogen and oxygen atoms in total. The monoisotopic (exact) mass is 289 g/mol. The fraction of sp³-hybridized carbons (Fsp3) is 0.214. The van der Waals surface area contributed by atoms with Crippen molar-refractivity contribution in [3.05, 3.63) is 40.3 Å². The molecule has 1 heterocycles. The third-order valence-electron chi connectivity index (χ3n) is 2.72. The van der Waals surface area contributed by atoms with E-state index in [0.717, 1.165) is 11.1 Å². The second kappa shape index (κ2) is 5.76. The molecule has 0 spiro atoms. The molecule has 0 saturated carbocycles. The van der Waals surface area contributed by atoms with Crippen molar-refractivity contribution in [2.24, 2.45) is 0 Å². The van der Waals surface area contributed by atoms with E-state index in [1.807, 2.05) is 13.8 Å². The van der Waals surface area contributed by atoms with Gasteiger partial charge in [0, 0.05) is 0 Å². The number of aryl methyl sites for hydroxylation is 2. The van der Waals surface area contributed by atoms with E-state index in [1.165, 1.54) is 13.4 Å². The first kappa shape index (κ1) is 14.1. The minimum Gasteiger partial charge on any atom is -0.489 e. The van der Waals surface area contributed by atoms with E-state index in [0.29, 0.717) is 11.3 Å². The van der Waals surface area contributed by atoms with Gasteiger partial charge in [0.25, 0.3) is 5.88 Å². The van der Waals surface area contributed by atoms with Gasteiger partial charge in [-0.3, -0.25) is 0 Å². The number of hydrogen-bond donors (Lipinski definition) is 0. The van der Waals surface area contributed by atoms with Crippen LogP contribution in [0.25, 0.3) is 0 Å². The maximum absolute atomic E-state index is 8.94. The lowest BCUT2D eigenvalue weighted by Crippen LogP contribution is -1.98. The first-order valence-corrected chi connectivity index (χ1v) is 6.18. The second-order valence-electron chi connectivity index (χ2n) is 4.16. The van der Waals surface area contributed by atoms with Gasteiger partial charge < -0.3 is 9.47 Å². The fourth-order valence-electron chi connectivity index (χ4n) is 1.85. The number of ether oxygens (including phenoxy) is 2. The van der Waals surface area contributed by atoms with Crippen LogP contribution in [0.15, 0.2) is 18.5 Å². The summed E-state index contributed by atoms with van der Waals surface area (Å²) < 4.78 is 10.9. The van der Waals surface area contributed by atoms with E-state index in [4.69, 9.17) is 26.3 Å². The van der Waals surface area contributed by atoms with Gasteiger partial charge in [-0.05, 0) is 37.1 Å². The molecule has 0 saturated heterocycles. The van der Waals surface area contributed by atoms with E-state index < -0.39 is 0 Å². The summed E-state index contributed by atoms with van der Waals surface area (Å²) in [6, 6.07) is 5.60. The molecule has 1 aromatic carbocycles. The Labute approximate surface area is 121 Å². The highest BCUT2D eigenvalue weighted by Gasteiger charge is 2.15.